The summed E-state index contributed by atoms with van der Waals surface area (Å²) in [4.78, 5) is 26.7. The standard InChI is InChI=1S/C24H25N5O4S/c1-32-17-10-8-16(9-11-17)23-26-27-24(29(23)13-18-5-4-12-33-18)34-15-22(31)28-14-21(30)25-19-6-2-3-7-20(19)28/h2-3,6-11,18H,4-5,12-15H2,1H3,(H,25,30). The molecule has 1 unspecified atom stereocenters. The number of hydrogen-bond acceptors (Lipinski definition) is 7. The van der Waals surface area contributed by atoms with Gasteiger partial charge in [-0.25, -0.2) is 0 Å². The molecule has 9 nitrogen and oxygen atoms in total. The summed E-state index contributed by atoms with van der Waals surface area (Å²) in [7, 11) is 1.63. The van der Waals surface area contributed by atoms with E-state index >= 15 is 0 Å². The van der Waals surface area contributed by atoms with Crippen molar-refractivity contribution in [3.63, 3.8) is 0 Å². The SMILES string of the molecule is COc1ccc(-c2nnc(SCC(=O)N3CC(=O)Nc4ccccc43)n2CC2CCCO2)cc1. The van der Waals surface area contributed by atoms with E-state index in [1.165, 1.54) is 16.7 Å². The van der Waals surface area contributed by atoms with Crippen molar-refractivity contribution in [3.05, 3.63) is 48.5 Å². The van der Waals surface area contributed by atoms with Crippen LogP contribution in [0.2, 0.25) is 0 Å². The molecule has 0 saturated carbocycles. The lowest BCUT2D eigenvalue weighted by molar-refractivity contribution is -0.120. The lowest BCUT2D eigenvalue weighted by Gasteiger charge is -2.29. The van der Waals surface area contributed by atoms with Gasteiger partial charge in [-0.3, -0.25) is 14.2 Å². The number of thioether (sulfide) groups is 1. The Morgan fingerprint density at radius 3 is 2.79 bits per heavy atom. The second-order valence-electron chi connectivity index (χ2n) is 8.11. The fraction of sp³-hybridized carbons (Fsp3) is 0.333. The van der Waals surface area contributed by atoms with Crippen LogP contribution in [0.3, 0.4) is 0 Å². The Hall–Kier alpha value is -3.37. The molecule has 0 radical (unpaired) electrons. The van der Waals surface area contributed by atoms with Crippen LogP contribution in [-0.4, -0.2) is 58.7 Å². The number of methoxy groups -OCH3 is 1. The number of aromatic nitrogens is 3. The van der Waals surface area contributed by atoms with Gasteiger partial charge in [0.1, 0.15) is 12.3 Å². The Morgan fingerprint density at radius 1 is 1.21 bits per heavy atom. The van der Waals surface area contributed by atoms with Gasteiger partial charge in [0.25, 0.3) is 0 Å². The Labute approximate surface area is 201 Å². The maximum absolute atomic E-state index is 13.1. The van der Waals surface area contributed by atoms with E-state index in [2.05, 4.69) is 15.5 Å². The van der Waals surface area contributed by atoms with Gasteiger partial charge in [0.2, 0.25) is 11.8 Å². The highest BCUT2D eigenvalue weighted by Gasteiger charge is 2.28. The van der Waals surface area contributed by atoms with E-state index in [1.54, 1.807) is 13.2 Å². The Kier molecular flexibility index (Phi) is 6.50. The molecular weight excluding hydrogens is 454 g/mol. The van der Waals surface area contributed by atoms with Crippen molar-refractivity contribution in [2.45, 2.75) is 30.6 Å². The summed E-state index contributed by atoms with van der Waals surface area (Å²) < 4.78 is 13.1. The molecule has 3 heterocycles. The summed E-state index contributed by atoms with van der Waals surface area (Å²) in [5, 5.41) is 12.3. The molecule has 0 spiro atoms. The molecule has 3 aromatic rings. The molecule has 2 aliphatic rings. The zero-order chi connectivity index (χ0) is 23.5. The lowest BCUT2D eigenvalue weighted by atomic mass is 10.2. The molecule has 1 fully saturated rings. The molecule has 10 heteroatoms. The third-order valence-electron chi connectivity index (χ3n) is 5.87. The van der Waals surface area contributed by atoms with Gasteiger partial charge in [-0.15, -0.1) is 10.2 Å². The van der Waals surface area contributed by atoms with Crippen LogP contribution < -0.4 is 15.0 Å². The number of ether oxygens (including phenoxy) is 2. The van der Waals surface area contributed by atoms with E-state index in [4.69, 9.17) is 9.47 Å². The van der Waals surface area contributed by atoms with Crippen LogP contribution in [-0.2, 0) is 20.9 Å². The fourth-order valence-corrected chi connectivity index (χ4v) is 4.99. The number of anilines is 2. The number of nitrogens with zero attached hydrogens (tertiary/aromatic N) is 4. The van der Waals surface area contributed by atoms with Crippen molar-refractivity contribution in [2.75, 3.05) is 36.2 Å². The van der Waals surface area contributed by atoms with Crippen LogP contribution in [0.5, 0.6) is 5.75 Å². The van der Waals surface area contributed by atoms with Gasteiger partial charge >= 0.3 is 0 Å². The summed E-state index contributed by atoms with van der Waals surface area (Å²) in [6.07, 6.45) is 2.09. The summed E-state index contributed by atoms with van der Waals surface area (Å²) in [6, 6.07) is 15.0. The molecular formula is C24H25N5O4S. The first-order valence-electron chi connectivity index (χ1n) is 11.1. The predicted molar refractivity (Wildman–Crippen MR) is 129 cm³/mol. The predicted octanol–water partition coefficient (Wildman–Crippen LogP) is 3.21. The smallest absolute Gasteiger partial charge is 0.244 e. The van der Waals surface area contributed by atoms with E-state index in [1.807, 2.05) is 47.0 Å². The Balaban J connectivity index is 1.37. The molecule has 0 aliphatic carbocycles. The number of carbonyl (C=O) groups is 2. The van der Waals surface area contributed by atoms with Crippen LogP contribution in [0.25, 0.3) is 11.4 Å². The summed E-state index contributed by atoms with van der Waals surface area (Å²) in [5.74, 6) is 1.24. The number of benzene rings is 2. The number of amides is 2. The number of hydrogen-bond donors (Lipinski definition) is 1. The first kappa shape index (κ1) is 22.4. The molecule has 2 aliphatic heterocycles. The molecule has 0 bridgehead atoms. The highest BCUT2D eigenvalue weighted by Crippen LogP contribution is 2.31. The van der Waals surface area contributed by atoms with Gasteiger partial charge in [0.15, 0.2) is 11.0 Å². The summed E-state index contributed by atoms with van der Waals surface area (Å²) >= 11 is 1.32. The van der Waals surface area contributed by atoms with E-state index in [0.717, 1.165) is 36.6 Å². The highest BCUT2D eigenvalue weighted by molar-refractivity contribution is 7.99. The minimum atomic E-state index is -0.208. The molecule has 34 heavy (non-hydrogen) atoms. The first-order valence-corrected chi connectivity index (χ1v) is 12.1. The molecule has 1 atom stereocenters. The van der Waals surface area contributed by atoms with Crippen molar-refractivity contribution in [2.24, 2.45) is 0 Å². The van der Waals surface area contributed by atoms with Gasteiger partial charge in [0.05, 0.1) is 36.9 Å². The van der Waals surface area contributed by atoms with Crippen molar-refractivity contribution in [1.82, 2.24) is 14.8 Å². The van der Waals surface area contributed by atoms with Crippen LogP contribution in [0, 0.1) is 0 Å². The normalized spacial score (nSPS) is 17.4. The first-order chi connectivity index (χ1) is 16.6. The van der Waals surface area contributed by atoms with Crippen LogP contribution in [0.1, 0.15) is 12.8 Å². The van der Waals surface area contributed by atoms with Gasteiger partial charge in [0, 0.05) is 12.2 Å². The monoisotopic (exact) mass is 479 g/mol. The van der Waals surface area contributed by atoms with Crippen molar-refractivity contribution >= 4 is 35.0 Å². The van der Waals surface area contributed by atoms with E-state index in [0.29, 0.717) is 23.1 Å². The van der Waals surface area contributed by atoms with Crippen LogP contribution in [0.15, 0.2) is 53.7 Å². The number of rotatable bonds is 7. The number of nitrogens with one attached hydrogen (secondary N) is 1. The van der Waals surface area contributed by atoms with E-state index in [-0.39, 0.29) is 30.2 Å². The van der Waals surface area contributed by atoms with Crippen LogP contribution >= 0.6 is 11.8 Å². The van der Waals surface area contributed by atoms with E-state index < -0.39 is 0 Å². The molecule has 2 amide bonds. The minimum absolute atomic E-state index is 0.00386. The largest absolute Gasteiger partial charge is 0.497 e. The third kappa shape index (κ3) is 4.64. The summed E-state index contributed by atoms with van der Waals surface area (Å²) in [5.41, 5.74) is 2.25. The maximum atomic E-state index is 13.1. The lowest BCUT2D eigenvalue weighted by Crippen LogP contribution is -2.43. The zero-order valence-corrected chi connectivity index (χ0v) is 19.6. The summed E-state index contributed by atoms with van der Waals surface area (Å²) in [6.45, 7) is 1.36. The second-order valence-corrected chi connectivity index (χ2v) is 9.06. The average Bonchev–Trinajstić information content (AvgIpc) is 3.52. The molecule has 1 aromatic heterocycles. The number of carbonyl (C=O) groups excluding carboxylic acids is 2. The maximum Gasteiger partial charge on any atom is 0.244 e. The fourth-order valence-electron chi connectivity index (χ4n) is 4.17. The van der Waals surface area contributed by atoms with Crippen molar-refractivity contribution < 1.29 is 19.1 Å². The molecule has 1 saturated heterocycles. The van der Waals surface area contributed by atoms with Gasteiger partial charge in [-0.05, 0) is 49.2 Å². The third-order valence-corrected chi connectivity index (χ3v) is 6.82. The Bertz CT molecular complexity index is 1190. The second kappa shape index (κ2) is 9.86. The van der Waals surface area contributed by atoms with Gasteiger partial charge < -0.3 is 19.7 Å². The number of para-hydroxylation sites is 2. The van der Waals surface area contributed by atoms with Crippen LogP contribution in [0.4, 0.5) is 11.4 Å². The zero-order valence-electron chi connectivity index (χ0n) is 18.8. The highest BCUT2D eigenvalue weighted by atomic mass is 32.2. The molecule has 176 valence electrons. The Morgan fingerprint density at radius 2 is 2.03 bits per heavy atom. The number of fused-ring (bicyclic) bond motifs is 1. The van der Waals surface area contributed by atoms with Crippen molar-refractivity contribution in [1.29, 1.82) is 0 Å². The molecule has 2 aromatic carbocycles. The van der Waals surface area contributed by atoms with Gasteiger partial charge in [-0.1, -0.05) is 23.9 Å². The minimum Gasteiger partial charge on any atom is -0.497 e. The van der Waals surface area contributed by atoms with Crippen molar-refractivity contribution in [3.8, 4) is 17.1 Å². The van der Waals surface area contributed by atoms with Gasteiger partial charge in [-0.2, -0.15) is 0 Å². The van der Waals surface area contributed by atoms with E-state index in [9.17, 15) is 9.59 Å². The molecule has 5 rings (SSSR count). The molecule has 1 N–H and O–H groups in total. The quantitative estimate of drug-likeness (QED) is 0.520. The average molecular weight is 480 g/mol. The topological polar surface area (TPSA) is 98.6 Å².